The van der Waals surface area contributed by atoms with Gasteiger partial charge in [-0.15, -0.1) is 0 Å². The highest BCUT2D eigenvalue weighted by Crippen LogP contribution is 2.21. The number of hydrogen-bond acceptors (Lipinski definition) is 3. The van der Waals surface area contributed by atoms with Gasteiger partial charge in [-0.25, -0.2) is 12.8 Å². The summed E-state index contributed by atoms with van der Waals surface area (Å²) in [5.74, 6) is -0.428. The standard InChI is InChI=1S/C13H19FN2O2S/c1-11-10-15(2)8-3-9-16(11)19(17,18)13-6-4-12(14)5-7-13/h4-7,11H,3,8-10H2,1-2H3. The van der Waals surface area contributed by atoms with Crippen molar-refractivity contribution >= 4 is 10.0 Å². The van der Waals surface area contributed by atoms with E-state index in [1.54, 1.807) is 0 Å². The van der Waals surface area contributed by atoms with Gasteiger partial charge in [0.05, 0.1) is 4.90 Å². The van der Waals surface area contributed by atoms with E-state index in [1.165, 1.54) is 28.6 Å². The molecule has 4 nitrogen and oxygen atoms in total. The first-order chi connectivity index (χ1) is 8.91. The second-order valence-electron chi connectivity index (χ2n) is 5.03. The van der Waals surface area contributed by atoms with Crippen LogP contribution >= 0.6 is 0 Å². The quantitative estimate of drug-likeness (QED) is 0.828. The van der Waals surface area contributed by atoms with Gasteiger partial charge in [0, 0.05) is 19.1 Å². The third kappa shape index (κ3) is 3.13. The molecule has 1 atom stereocenters. The third-order valence-electron chi connectivity index (χ3n) is 3.41. The van der Waals surface area contributed by atoms with Crippen molar-refractivity contribution in [1.82, 2.24) is 9.21 Å². The first-order valence-electron chi connectivity index (χ1n) is 6.37. The van der Waals surface area contributed by atoms with E-state index < -0.39 is 15.8 Å². The summed E-state index contributed by atoms with van der Waals surface area (Å²) in [4.78, 5) is 2.29. The lowest BCUT2D eigenvalue weighted by Gasteiger charge is -2.27. The van der Waals surface area contributed by atoms with Crippen LogP contribution in [0.2, 0.25) is 0 Å². The molecule has 1 heterocycles. The molecule has 1 aromatic rings. The van der Waals surface area contributed by atoms with Gasteiger partial charge < -0.3 is 4.90 Å². The van der Waals surface area contributed by atoms with Gasteiger partial charge in [0.1, 0.15) is 5.82 Å². The fourth-order valence-corrected chi connectivity index (χ4v) is 4.11. The molecule has 0 spiro atoms. The molecule has 0 N–H and O–H groups in total. The molecular weight excluding hydrogens is 267 g/mol. The Morgan fingerprint density at radius 3 is 2.47 bits per heavy atom. The normalized spacial score (nSPS) is 23.2. The van der Waals surface area contributed by atoms with Crippen LogP contribution in [0.25, 0.3) is 0 Å². The molecule has 0 amide bonds. The monoisotopic (exact) mass is 286 g/mol. The van der Waals surface area contributed by atoms with Crippen LogP contribution in [0.15, 0.2) is 29.2 Å². The molecule has 0 aliphatic carbocycles. The molecule has 0 radical (unpaired) electrons. The number of halogens is 1. The average Bonchev–Trinajstić information content (AvgIpc) is 2.50. The molecule has 106 valence electrons. The summed E-state index contributed by atoms with van der Waals surface area (Å²) in [6, 6.07) is 4.93. The van der Waals surface area contributed by atoms with E-state index in [2.05, 4.69) is 4.90 Å². The molecule has 2 rings (SSSR count). The van der Waals surface area contributed by atoms with Crippen molar-refractivity contribution in [2.45, 2.75) is 24.3 Å². The van der Waals surface area contributed by atoms with Gasteiger partial charge in [-0.05, 0) is 51.2 Å². The number of nitrogens with zero attached hydrogens (tertiary/aromatic N) is 2. The van der Waals surface area contributed by atoms with E-state index in [9.17, 15) is 12.8 Å². The smallest absolute Gasteiger partial charge is 0.243 e. The van der Waals surface area contributed by atoms with Gasteiger partial charge in [-0.1, -0.05) is 0 Å². The van der Waals surface area contributed by atoms with Crippen LogP contribution in [0.3, 0.4) is 0 Å². The van der Waals surface area contributed by atoms with Gasteiger partial charge in [-0.3, -0.25) is 0 Å². The summed E-state index contributed by atoms with van der Waals surface area (Å²) in [6.45, 7) is 4.01. The predicted molar refractivity (Wildman–Crippen MR) is 71.9 cm³/mol. The lowest BCUT2D eigenvalue weighted by Crippen LogP contribution is -2.41. The Morgan fingerprint density at radius 1 is 1.21 bits per heavy atom. The first kappa shape index (κ1) is 14.4. The van der Waals surface area contributed by atoms with Crippen molar-refractivity contribution < 1.29 is 12.8 Å². The van der Waals surface area contributed by atoms with E-state index in [1.807, 2.05) is 14.0 Å². The molecule has 1 aliphatic heterocycles. The molecule has 1 aromatic carbocycles. The van der Waals surface area contributed by atoms with Crippen molar-refractivity contribution in [3.8, 4) is 0 Å². The summed E-state index contributed by atoms with van der Waals surface area (Å²) >= 11 is 0. The Balaban J connectivity index is 2.30. The minimum absolute atomic E-state index is 0.0810. The Bertz CT molecular complexity index is 530. The second kappa shape index (κ2) is 5.56. The Morgan fingerprint density at radius 2 is 1.84 bits per heavy atom. The zero-order valence-electron chi connectivity index (χ0n) is 11.2. The molecule has 1 fully saturated rings. The number of rotatable bonds is 2. The number of hydrogen-bond donors (Lipinski definition) is 0. The molecular formula is C13H19FN2O2S. The van der Waals surface area contributed by atoms with E-state index in [4.69, 9.17) is 0 Å². The largest absolute Gasteiger partial charge is 0.305 e. The average molecular weight is 286 g/mol. The summed E-state index contributed by atoms with van der Waals surface area (Å²) in [5, 5.41) is 0. The zero-order valence-corrected chi connectivity index (χ0v) is 12.0. The third-order valence-corrected chi connectivity index (χ3v) is 5.43. The van der Waals surface area contributed by atoms with E-state index in [0.717, 1.165) is 13.0 Å². The van der Waals surface area contributed by atoms with Crippen LogP contribution in [-0.2, 0) is 10.0 Å². The Kier molecular flexibility index (Phi) is 4.23. The summed E-state index contributed by atoms with van der Waals surface area (Å²) in [6.07, 6.45) is 0.807. The highest BCUT2D eigenvalue weighted by Gasteiger charge is 2.31. The molecule has 1 saturated heterocycles. The van der Waals surface area contributed by atoms with E-state index in [-0.39, 0.29) is 10.9 Å². The maximum Gasteiger partial charge on any atom is 0.243 e. The van der Waals surface area contributed by atoms with Gasteiger partial charge in [-0.2, -0.15) is 4.31 Å². The fraction of sp³-hybridized carbons (Fsp3) is 0.538. The number of sulfonamides is 1. The maximum absolute atomic E-state index is 12.9. The molecule has 1 aliphatic rings. The molecule has 1 unspecified atom stereocenters. The minimum atomic E-state index is -3.53. The van der Waals surface area contributed by atoms with Crippen LogP contribution < -0.4 is 0 Å². The van der Waals surface area contributed by atoms with Crippen molar-refractivity contribution in [2.75, 3.05) is 26.7 Å². The lowest BCUT2D eigenvalue weighted by molar-refractivity contribution is 0.290. The minimum Gasteiger partial charge on any atom is -0.305 e. The Labute approximate surface area is 113 Å². The van der Waals surface area contributed by atoms with Crippen LogP contribution in [0.1, 0.15) is 13.3 Å². The highest BCUT2D eigenvalue weighted by molar-refractivity contribution is 7.89. The molecule has 19 heavy (non-hydrogen) atoms. The van der Waals surface area contributed by atoms with Crippen molar-refractivity contribution in [1.29, 1.82) is 0 Å². The summed E-state index contributed by atoms with van der Waals surface area (Å²) < 4.78 is 39.5. The molecule has 6 heteroatoms. The van der Waals surface area contributed by atoms with E-state index in [0.29, 0.717) is 13.1 Å². The zero-order chi connectivity index (χ0) is 14.0. The van der Waals surface area contributed by atoms with Crippen LogP contribution in [0.4, 0.5) is 4.39 Å². The molecule has 0 bridgehead atoms. The molecule has 0 saturated carbocycles. The van der Waals surface area contributed by atoms with Gasteiger partial charge >= 0.3 is 0 Å². The van der Waals surface area contributed by atoms with Crippen LogP contribution in [-0.4, -0.2) is 50.3 Å². The first-order valence-corrected chi connectivity index (χ1v) is 7.81. The number of likely N-dealkylation sites (N-methyl/N-ethyl adjacent to an activating group) is 1. The topological polar surface area (TPSA) is 40.6 Å². The lowest BCUT2D eigenvalue weighted by atomic mass is 10.3. The second-order valence-corrected chi connectivity index (χ2v) is 6.93. The highest BCUT2D eigenvalue weighted by atomic mass is 32.2. The van der Waals surface area contributed by atoms with Crippen LogP contribution in [0.5, 0.6) is 0 Å². The SMILES string of the molecule is CC1CN(C)CCCN1S(=O)(=O)c1ccc(F)cc1. The van der Waals surface area contributed by atoms with Crippen LogP contribution in [0, 0.1) is 5.82 Å². The van der Waals surface area contributed by atoms with E-state index >= 15 is 0 Å². The summed E-state index contributed by atoms with van der Waals surface area (Å²) in [5.41, 5.74) is 0. The summed E-state index contributed by atoms with van der Waals surface area (Å²) in [7, 11) is -1.54. The number of benzene rings is 1. The van der Waals surface area contributed by atoms with Gasteiger partial charge in [0.2, 0.25) is 10.0 Å². The van der Waals surface area contributed by atoms with Crippen molar-refractivity contribution in [3.05, 3.63) is 30.1 Å². The fourth-order valence-electron chi connectivity index (χ4n) is 2.45. The van der Waals surface area contributed by atoms with Gasteiger partial charge in [0.15, 0.2) is 0 Å². The predicted octanol–water partition coefficient (Wildman–Crippen LogP) is 1.54. The van der Waals surface area contributed by atoms with Gasteiger partial charge in [0.25, 0.3) is 0 Å². The van der Waals surface area contributed by atoms with Crippen molar-refractivity contribution in [2.24, 2.45) is 0 Å². The maximum atomic E-state index is 12.9. The van der Waals surface area contributed by atoms with Crippen molar-refractivity contribution in [3.63, 3.8) is 0 Å². The molecule has 0 aromatic heterocycles. The Hall–Kier alpha value is -0.980.